The molecule has 3 aliphatic rings. The predicted octanol–water partition coefficient (Wildman–Crippen LogP) is 3.85. The molecule has 4 rings (SSSR count). The highest BCUT2D eigenvalue weighted by Crippen LogP contribution is 2.29. The van der Waals surface area contributed by atoms with E-state index in [1.165, 1.54) is 11.8 Å². The van der Waals surface area contributed by atoms with Crippen LogP contribution in [0.1, 0.15) is 74.7 Å². The van der Waals surface area contributed by atoms with E-state index in [1.807, 2.05) is 37.2 Å². The number of Topliss-reactive ketones (excluding diaryl/α,β-unsaturated/α-hetero) is 1. The molecular weight excluding hydrogens is 568 g/mol. The average Bonchev–Trinajstić information content (AvgIpc) is 3.41. The molecule has 12 heteroatoms. The molecule has 2 aliphatic heterocycles. The van der Waals surface area contributed by atoms with Gasteiger partial charge in [-0.25, -0.2) is 4.79 Å². The number of nitrogens with one attached hydrogen (secondary N) is 2. The molecule has 0 bridgehead atoms. The third kappa shape index (κ3) is 9.92. The van der Waals surface area contributed by atoms with E-state index in [0.717, 1.165) is 69.2 Å². The first kappa shape index (κ1) is 33.2. The lowest BCUT2D eigenvalue weighted by atomic mass is 9.88. The van der Waals surface area contributed by atoms with Gasteiger partial charge in [-0.05, 0) is 69.8 Å². The number of ketones is 1. The van der Waals surface area contributed by atoms with Gasteiger partial charge < -0.3 is 25.0 Å². The van der Waals surface area contributed by atoms with Crippen molar-refractivity contribution in [2.24, 2.45) is 11.0 Å². The van der Waals surface area contributed by atoms with Crippen molar-refractivity contribution in [2.75, 3.05) is 52.7 Å². The van der Waals surface area contributed by atoms with Crippen LogP contribution in [0.4, 0.5) is 4.79 Å². The topological polar surface area (TPSA) is 116 Å². The van der Waals surface area contributed by atoms with Gasteiger partial charge in [0.2, 0.25) is 0 Å². The van der Waals surface area contributed by atoms with Crippen LogP contribution in [0.25, 0.3) is 0 Å². The van der Waals surface area contributed by atoms with Gasteiger partial charge in [0.1, 0.15) is 5.66 Å². The molecule has 1 aromatic carbocycles. The maximum Gasteiger partial charge on any atom is 0.343 e. The quantitative estimate of drug-likeness (QED) is 0.341. The average molecular weight is 617 g/mol. The van der Waals surface area contributed by atoms with Crippen LogP contribution in [0.15, 0.2) is 29.4 Å². The maximum absolute atomic E-state index is 13.8. The van der Waals surface area contributed by atoms with Crippen LogP contribution in [0.5, 0.6) is 0 Å². The van der Waals surface area contributed by atoms with Gasteiger partial charge in [0, 0.05) is 43.9 Å². The fourth-order valence-electron chi connectivity index (χ4n) is 5.41. The first-order valence-electron chi connectivity index (χ1n) is 15.5. The normalized spacial score (nSPS) is 20.6. The number of thioether (sulfide) groups is 1. The number of hydrazone groups is 1. The number of carbonyl (C=O) groups excluding carboxylic acids is 3. The molecule has 11 nitrogen and oxygen atoms in total. The number of hydrogen-bond donors (Lipinski definition) is 2. The molecule has 0 aromatic heterocycles. The Morgan fingerprint density at radius 2 is 1.86 bits per heavy atom. The van der Waals surface area contributed by atoms with Crippen LogP contribution >= 0.6 is 11.8 Å². The Balaban J connectivity index is 1.47. The van der Waals surface area contributed by atoms with Crippen molar-refractivity contribution in [3.8, 4) is 0 Å². The number of hydrogen-bond acceptors (Lipinski definition) is 9. The van der Waals surface area contributed by atoms with E-state index in [-0.39, 0.29) is 11.7 Å². The van der Waals surface area contributed by atoms with Crippen LogP contribution in [0.3, 0.4) is 0 Å². The molecule has 1 atom stereocenters. The minimum atomic E-state index is -1.12. The summed E-state index contributed by atoms with van der Waals surface area (Å²) < 4.78 is 11.4. The smallest absolute Gasteiger partial charge is 0.343 e. The van der Waals surface area contributed by atoms with Crippen molar-refractivity contribution >= 4 is 34.7 Å². The van der Waals surface area contributed by atoms with Gasteiger partial charge in [0.15, 0.2) is 5.78 Å². The van der Waals surface area contributed by atoms with Crippen LogP contribution < -0.4 is 10.6 Å². The van der Waals surface area contributed by atoms with E-state index in [1.54, 1.807) is 6.07 Å². The van der Waals surface area contributed by atoms with Crippen LogP contribution in [-0.4, -0.2) is 102 Å². The second kappa shape index (κ2) is 15.9. The summed E-state index contributed by atoms with van der Waals surface area (Å²) in [6, 6.07) is 7.10. The van der Waals surface area contributed by atoms with E-state index in [0.29, 0.717) is 48.1 Å². The Hall–Kier alpha value is -2.67. The fraction of sp³-hybridized carbons (Fsp3) is 0.677. The van der Waals surface area contributed by atoms with E-state index in [4.69, 9.17) is 9.47 Å². The van der Waals surface area contributed by atoms with Gasteiger partial charge in [0.05, 0.1) is 13.2 Å². The first-order valence-corrected chi connectivity index (χ1v) is 16.5. The summed E-state index contributed by atoms with van der Waals surface area (Å²) in [5, 5.41) is 12.1. The van der Waals surface area contributed by atoms with Gasteiger partial charge in [0.25, 0.3) is 17.4 Å². The predicted molar refractivity (Wildman–Crippen MR) is 169 cm³/mol. The van der Waals surface area contributed by atoms with Crippen molar-refractivity contribution in [1.82, 2.24) is 25.4 Å². The third-order valence-corrected chi connectivity index (χ3v) is 8.76. The van der Waals surface area contributed by atoms with Crippen molar-refractivity contribution < 1.29 is 23.9 Å². The highest BCUT2D eigenvalue weighted by Gasteiger charge is 2.42. The first-order chi connectivity index (χ1) is 20.6. The second-order valence-corrected chi connectivity index (χ2v) is 13.4. The number of morpholine rings is 1. The van der Waals surface area contributed by atoms with Crippen molar-refractivity contribution in [1.29, 1.82) is 0 Å². The lowest BCUT2D eigenvalue weighted by molar-refractivity contribution is -0.131. The molecule has 1 saturated carbocycles. The number of benzene rings is 1. The molecule has 1 unspecified atom stereocenters. The third-order valence-electron chi connectivity index (χ3n) is 7.94. The van der Waals surface area contributed by atoms with Crippen LogP contribution in [0, 0.1) is 5.92 Å². The zero-order chi connectivity index (χ0) is 30.8. The number of ether oxygens (including phenoxy) is 2. The summed E-state index contributed by atoms with van der Waals surface area (Å²) in [5.41, 5.74) is 0.657. The van der Waals surface area contributed by atoms with Gasteiger partial charge in [-0.15, -0.1) is 5.10 Å². The number of rotatable bonds is 12. The molecule has 2 heterocycles. The SMILES string of the molecule is CC(C)CCC(=O)C1OC(SCCN(C)C)=NN1C(=O)NC1(NC(=O)c2cccc(CN3CCOCC3)c2)CCCCC1. The standard InChI is InChI=1S/C31H48N6O5S/c1-23(2)11-12-26(38)28-37(34-30(42-28)43-20-17-35(3)4)29(40)33-31(13-6-5-7-14-31)32-27(39)25-10-8-9-24(21-25)22-36-15-18-41-19-16-36/h8-10,21,23,28H,5-7,11-20,22H2,1-4H3,(H,32,39)(H,33,40). The molecule has 1 aromatic rings. The summed E-state index contributed by atoms with van der Waals surface area (Å²) in [4.78, 5) is 44.9. The molecule has 2 fully saturated rings. The van der Waals surface area contributed by atoms with E-state index >= 15 is 0 Å². The minimum absolute atomic E-state index is 0.186. The molecule has 238 valence electrons. The summed E-state index contributed by atoms with van der Waals surface area (Å²) in [6.07, 6.45) is 3.80. The minimum Gasteiger partial charge on any atom is -0.438 e. The molecule has 1 saturated heterocycles. The zero-order valence-corrected chi connectivity index (χ0v) is 26.9. The molecule has 43 heavy (non-hydrogen) atoms. The number of urea groups is 1. The summed E-state index contributed by atoms with van der Waals surface area (Å²) in [5.74, 6) is 0.626. The summed E-state index contributed by atoms with van der Waals surface area (Å²) in [6.45, 7) is 8.83. The number of carbonyl (C=O) groups is 3. The molecular formula is C31H48N6O5S. The van der Waals surface area contributed by atoms with Crippen LogP contribution in [0.2, 0.25) is 0 Å². The van der Waals surface area contributed by atoms with E-state index in [2.05, 4.69) is 34.5 Å². The molecule has 2 N–H and O–H groups in total. The van der Waals surface area contributed by atoms with Gasteiger partial charge in [-0.3, -0.25) is 14.5 Å². The Morgan fingerprint density at radius 1 is 1.12 bits per heavy atom. The van der Waals surface area contributed by atoms with Crippen molar-refractivity contribution in [2.45, 2.75) is 77.2 Å². The summed E-state index contributed by atoms with van der Waals surface area (Å²) >= 11 is 1.38. The molecule has 1 aliphatic carbocycles. The number of nitrogens with zero attached hydrogens (tertiary/aromatic N) is 4. The molecule has 3 amide bonds. The molecule has 0 radical (unpaired) electrons. The Morgan fingerprint density at radius 3 is 2.56 bits per heavy atom. The van der Waals surface area contributed by atoms with Crippen molar-refractivity contribution in [3.63, 3.8) is 0 Å². The highest BCUT2D eigenvalue weighted by molar-refractivity contribution is 8.13. The Labute approximate surface area is 260 Å². The molecule has 0 spiro atoms. The largest absolute Gasteiger partial charge is 0.438 e. The maximum atomic E-state index is 13.8. The lowest BCUT2D eigenvalue weighted by Crippen LogP contribution is -2.64. The van der Waals surface area contributed by atoms with E-state index < -0.39 is 17.9 Å². The highest BCUT2D eigenvalue weighted by atomic mass is 32.2. The zero-order valence-electron chi connectivity index (χ0n) is 26.1. The van der Waals surface area contributed by atoms with Gasteiger partial charge >= 0.3 is 6.03 Å². The lowest BCUT2D eigenvalue weighted by Gasteiger charge is -2.39. The van der Waals surface area contributed by atoms with Crippen molar-refractivity contribution in [3.05, 3.63) is 35.4 Å². The Bertz CT molecular complexity index is 1130. The van der Waals surface area contributed by atoms with Crippen LogP contribution in [-0.2, 0) is 20.8 Å². The van der Waals surface area contributed by atoms with Gasteiger partial charge in [-0.2, -0.15) is 5.01 Å². The van der Waals surface area contributed by atoms with Gasteiger partial charge in [-0.1, -0.05) is 44.2 Å². The second-order valence-electron chi connectivity index (χ2n) is 12.3. The fourth-order valence-corrected chi connectivity index (χ4v) is 6.35. The number of amides is 3. The summed E-state index contributed by atoms with van der Waals surface area (Å²) in [7, 11) is 3.96. The monoisotopic (exact) mass is 616 g/mol. The van der Waals surface area contributed by atoms with E-state index in [9.17, 15) is 14.4 Å². The Kier molecular flexibility index (Phi) is 12.3.